The van der Waals surface area contributed by atoms with Crippen LogP contribution in [0, 0.1) is 10.1 Å². The van der Waals surface area contributed by atoms with Gasteiger partial charge in [0, 0.05) is 6.07 Å². The molecule has 1 aliphatic heterocycles. The summed E-state index contributed by atoms with van der Waals surface area (Å²) < 4.78 is 5.02. The average molecular weight is 397 g/mol. The molecule has 0 aliphatic carbocycles. The van der Waals surface area contributed by atoms with E-state index in [4.69, 9.17) is 4.74 Å². The van der Waals surface area contributed by atoms with Crippen molar-refractivity contribution < 1.29 is 28.8 Å². The fourth-order valence-electron chi connectivity index (χ4n) is 2.80. The van der Waals surface area contributed by atoms with Crippen LogP contribution in [-0.4, -0.2) is 41.1 Å². The fraction of sp³-hybridized carbons (Fsp3) is 0.158. The predicted molar refractivity (Wildman–Crippen MR) is 100 cm³/mol. The van der Waals surface area contributed by atoms with E-state index in [1.807, 2.05) is 0 Å². The molecule has 10 heteroatoms. The lowest BCUT2D eigenvalue weighted by Gasteiger charge is -2.18. The van der Waals surface area contributed by atoms with Crippen molar-refractivity contribution in [2.24, 2.45) is 0 Å². The Balaban J connectivity index is 1.64. The smallest absolute Gasteiger partial charge is 0.326 e. The van der Waals surface area contributed by atoms with Crippen molar-refractivity contribution in [1.82, 2.24) is 0 Å². The predicted octanol–water partition coefficient (Wildman–Crippen LogP) is 1.69. The first-order valence-electron chi connectivity index (χ1n) is 8.48. The molecule has 0 spiro atoms. The maximum Gasteiger partial charge on any atom is 0.326 e. The number of nitrogens with zero attached hydrogens (tertiary/aromatic N) is 2. The molecule has 148 valence electrons. The van der Waals surface area contributed by atoms with Crippen LogP contribution in [-0.2, 0) is 19.1 Å². The molecule has 1 heterocycles. The summed E-state index contributed by atoms with van der Waals surface area (Å²) in [6, 6.07) is 11.7. The highest BCUT2D eigenvalue weighted by molar-refractivity contribution is 6.52. The number of hydrogen-bond donors (Lipinski definition) is 1. The second-order valence-corrected chi connectivity index (χ2v) is 6.13. The molecule has 1 N–H and O–H groups in total. The van der Waals surface area contributed by atoms with E-state index in [0.29, 0.717) is 0 Å². The Labute approximate surface area is 164 Å². The third-order valence-corrected chi connectivity index (χ3v) is 4.20. The summed E-state index contributed by atoms with van der Waals surface area (Å²) in [5.74, 6) is -3.28. The van der Waals surface area contributed by atoms with E-state index in [0.717, 1.165) is 4.90 Å². The number of amides is 2. The lowest BCUT2D eigenvalue weighted by atomic mass is 10.1. The number of esters is 1. The van der Waals surface area contributed by atoms with E-state index in [9.17, 15) is 29.3 Å². The summed E-state index contributed by atoms with van der Waals surface area (Å²) in [6.45, 7) is 0.734. The minimum absolute atomic E-state index is 0.0420. The van der Waals surface area contributed by atoms with E-state index < -0.39 is 41.1 Å². The van der Waals surface area contributed by atoms with Crippen LogP contribution in [0.2, 0.25) is 0 Å². The Kier molecular flexibility index (Phi) is 5.35. The van der Waals surface area contributed by atoms with E-state index in [2.05, 4.69) is 5.32 Å². The number of fused-ring (bicyclic) bond motifs is 1. The lowest BCUT2D eigenvalue weighted by molar-refractivity contribution is -0.383. The van der Waals surface area contributed by atoms with Crippen LogP contribution < -0.4 is 10.2 Å². The zero-order valence-corrected chi connectivity index (χ0v) is 15.2. The molecule has 1 aliphatic rings. The Morgan fingerprint density at radius 1 is 1.14 bits per heavy atom. The average Bonchev–Trinajstić information content (AvgIpc) is 2.93. The molecular formula is C19H15N3O7. The summed E-state index contributed by atoms with van der Waals surface area (Å²) in [5, 5.41) is 13.3. The zero-order chi connectivity index (χ0) is 21.1. The van der Waals surface area contributed by atoms with Gasteiger partial charge in [0.1, 0.15) is 12.2 Å². The monoisotopic (exact) mass is 397 g/mol. The second-order valence-electron chi connectivity index (χ2n) is 6.13. The van der Waals surface area contributed by atoms with Crippen LogP contribution in [0.3, 0.4) is 0 Å². The number of para-hydroxylation sites is 3. The zero-order valence-electron chi connectivity index (χ0n) is 15.2. The Bertz CT molecular complexity index is 1030. The van der Waals surface area contributed by atoms with Gasteiger partial charge < -0.3 is 10.1 Å². The van der Waals surface area contributed by atoms with Crippen molar-refractivity contribution in [2.45, 2.75) is 13.0 Å². The van der Waals surface area contributed by atoms with Gasteiger partial charge in [-0.25, -0.2) is 0 Å². The molecule has 29 heavy (non-hydrogen) atoms. The first kappa shape index (κ1) is 19.7. The third kappa shape index (κ3) is 3.95. The number of carbonyl (C=O) groups excluding carboxylic acids is 4. The summed E-state index contributed by atoms with van der Waals surface area (Å²) >= 11 is 0. The van der Waals surface area contributed by atoms with Gasteiger partial charge in [-0.15, -0.1) is 0 Å². The highest BCUT2D eigenvalue weighted by Crippen LogP contribution is 2.28. The van der Waals surface area contributed by atoms with Gasteiger partial charge in [0.25, 0.3) is 23.3 Å². The standard InChI is InChI=1S/C19H15N3O7/c1-11(18(25)20-13-7-3-5-9-15(13)22(27)28)29-16(23)10-21-14-8-4-2-6-12(14)17(24)19(21)26/h2-9,11H,10H2,1H3,(H,20,25)/t11-/m0/s1. The molecular weight excluding hydrogens is 382 g/mol. The third-order valence-electron chi connectivity index (χ3n) is 4.20. The molecule has 0 saturated carbocycles. The number of carbonyl (C=O) groups is 4. The van der Waals surface area contributed by atoms with Crippen LogP contribution in [0.1, 0.15) is 17.3 Å². The van der Waals surface area contributed by atoms with Crippen molar-refractivity contribution in [1.29, 1.82) is 0 Å². The minimum atomic E-state index is -1.29. The van der Waals surface area contributed by atoms with Crippen molar-refractivity contribution in [3.63, 3.8) is 0 Å². The number of ketones is 1. The highest BCUT2D eigenvalue weighted by Gasteiger charge is 2.37. The number of hydrogen-bond acceptors (Lipinski definition) is 7. The first-order valence-corrected chi connectivity index (χ1v) is 8.48. The van der Waals surface area contributed by atoms with Gasteiger partial charge >= 0.3 is 5.97 Å². The number of nitro groups is 1. The number of benzene rings is 2. The number of anilines is 2. The van der Waals surface area contributed by atoms with E-state index >= 15 is 0 Å². The molecule has 0 radical (unpaired) electrons. The fourth-order valence-corrected chi connectivity index (χ4v) is 2.80. The topological polar surface area (TPSA) is 136 Å². The van der Waals surface area contributed by atoms with Gasteiger partial charge in [-0.1, -0.05) is 24.3 Å². The maximum absolute atomic E-state index is 12.2. The second kappa shape index (κ2) is 7.89. The van der Waals surface area contributed by atoms with E-state index in [1.54, 1.807) is 12.1 Å². The molecule has 0 bridgehead atoms. The molecule has 10 nitrogen and oxygen atoms in total. The van der Waals surface area contributed by atoms with Crippen LogP contribution in [0.25, 0.3) is 0 Å². The Morgan fingerprint density at radius 2 is 1.79 bits per heavy atom. The SMILES string of the molecule is C[C@H](OC(=O)CN1C(=O)C(=O)c2ccccc21)C(=O)Nc1ccccc1[N+](=O)[O-]. The number of ether oxygens (including phenoxy) is 1. The van der Waals surface area contributed by atoms with Crippen LogP contribution in [0.5, 0.6) is 0 Å². The summed E-state index contributed by atoms with van der Waals surface area (Å²) in [7, 11) is 0. The van der Waals surface area contributed by atoms with Crippen molar-refractivity contribution in [2.75, 3.05) is 16.8 Å². The molecule has 2 amide bonds. The number of nitro benzene ring substituents is 1. The van der Waals surface area contributed by atoms with Crippen molar-refractivity contribution in [3.05, 3.63) is 64.2 Å². The van der Waals surface area contributed by atoms with Crippen LogP contribution in [0.15, 0.2) is 48.5 Å². The van der Waals surface area contributed by atoms with E-state index in [-0.39, 0.29) is 22.6 Å². The highest BCUT2D eigenvalue weighted by atomic mass is 16.6. The maximum atomic E-state index is 12.2. The van der Waals surface area contributed by atoms with E-state index in [1.165, 1.54) is 43.3 Å². The van der Waals surface area contributed by atoms with Crippen LogP contribution >= 0.6 is 0 Å². The molecule has 0 unspecified atom stereocenters. The quantitative estimate of drug-likeness (QED) is 0.339. The number of nitrogens with one attached hydrogen (secondary N) is 1. The summed E-state index contributed by atoms with van der Waals surface area (Å²) in [6.07, 6.45) is -1.29. The Hall–Kier alpha value is -4.08. The van der Waals surface area contributed by atoms with Gasteiger partial charge in [-0.3, -0.25) is 34.2 Å². The molecule has 0 saturated heterocycles. The molecule has 3 rings (SSSR count). The molecule has 2 aromatic carbocycles. The summed E-state index contributed by atoms with van der Waals surface area (Å²) in [4.78, 5) is 59.8. The van der Waals surface area contributed by atoms with Crippen LogP contribution in [0.4, 0.5) is 17.1 Å². The Morgan fingerprint density at radius 3 is 2.52 bits per heavy atom. The molecule has 0 fully saturated rings. The van der Waals surface area contributed by atoms with Gasteiger partial charge in [0.2, 0.25) is 0 Å². The molecule has 2 aromatic rings. The number of Topliss-reactive ketones (excluding diaryl/α,β-unsaturated/α-hetero) is 1. The minimum Gasteiger partial charge on any atom is -0.451 e. The number of rotatable bonds is 6. The normalized spacial score (nSPS) is 13.6. The van der Waals surface area contributed by atoms with Gasteiger partial charge in [0.15, 0.2) is 6.10 Å². The lowest BCUT2D eigenvalue weighted by Crippen LogP contribution is -2.38. The van der Waals surface area contributed by atoms with Crippen molar-refractivity contribution in [3.8, 4) is 0 Å². The van der Waals surface area contributed by atoms with Gasteiger partial charge in [0.05, 0.1) is 16.2 Å². The van der Waals surface area contributed by atoms with Gasteiger partial charge in [-0.2, -0.15) is 0 Å². The van der Waals surface area contributed by atoms with Gasteiger partial charge in [-0.05, 0) is 25.1 Å². The largest absolute Gasteiger partial charge is 0.451 e. The summed E-state index contributed by atoms with van der Waals surface area (Å²) in [5.41, 5.74) is 0.126. The first-order chi connectivity index (χ1) is 13.8. The molecule has 0 aromatic heterocycles. The van der Waals surface area contributed by atoms with Crippen molar-refractivity contribution >= 4 is 40.6 Å². The molecule has 1 atom stereocenters.